The number of aromatic nitrogens is 2. The number of aryl methyl sites for hydroxylation is 1. The molecule has 1 aliphatic rings. The molecule has 1 aromatic carbocycles. The second-order valence-electron chi connectivity index (χ2n) is 5.24. The molecule has 0 N–H and O–H groups in total. The molecule has 6 heteroatoms. The van der Waals surface area contributed by atoms with Crippen molar-refractivity contribution in [2.75, 3.05) is 13.2 Å². The van der Waals surface area contributed by atoms with E-state index in [1.807, 2.05) is 30.9 Å². The van der Waals surface area contributed by atoms with Gasteiger partial charge < -0.3 is 9.64 Å². The van der Waals surface area contributed by atoms with E-state index in [-0.39, 0.29) is 5.91 Å². The van der Waals surface area contributed by atoms with Crippen LogP contribution >= 0.6 is 11.5 Å². The molecule has 2 aromatic rings. The highest BCUT2D eigenvalue weighted by atomic mass is 32.1. The third-order valence-corrected chi connectivity index (χ3v) is 4.63. The van der Waals surface area contributed by atoms with Crippen LogP contribution < -0.4 is 4.74 Å². The van der Waals surface area contributed by atoms with Gasteiger partial charge >= 0.3 is 0 Å². The summed E-state index contributed by atoms with van der Waals surface area (Å²) in [6, 6.07) is 6.15. The predicted molar refractivity (Wildman–Crippen MR) is 85.3 cm³/mol. The summed E-state index contributed by atoms with van der Waals surface area (Å²) in [7, 11) is 0. The zero-order chi connectivity index (χ0) is 15.5. The fraction of sp³-hybridized carbons (Fsp3) is 0.438. The molecule has 116 valence electrons. The third-order valence-electron chi connectivity index (χ3n) is 3.87. The zero-order valence-corrected chi connectivity index (χ0v) is 13.7. The van der Waals surface area contributed by atoms with Gasteiger partial charge in [0.05, 0.1) is 12.3 Å². The van der Waals surface area contributed by atoms with Crippen molar-refractivity contribution in [2.24, 2.45) is 0 Å². The molecular weight excluding hydrogens is 298 g/mol. The monoisotopic (exact) mass is 317 g/mol. The number of nitrogens with zero attached hydrogens (tertiary/aromatic N) is 3. The maximum absolute atomic E-state index is 12.7. The van der Waals surface area contributed by atoms with Gasteiger partial charge in [0.2, 0.25) is 0 Å². The van der Waals surface area contributed by atoms with Crippen LogP contribution in [0.3, 0.4) is 0 Å². The fourth-order valence-corrected chi connectivity index (χ4v) is 3.43. The van der Waals surface area contributed by atoms with Crippen molar-refractivity contribution >= 4 is 17.4 Å². The summed E-state index contributed by atoms with van der Waals surface area (Å²) in [5.41, 5.74) is 3.26. The lowest BCUT2D eigenvalue weighted by molar-refractivity contribution is 0.0738. The third kappa shape index (κ3) is 2.83. The molecule has 0 radical (unpaired) electrons. The predicted octanol–water partition coefficient (Wildman–Crippen LogP) is 2.70. The molecule has 0 aliphatic carbocycles. The normalized spacial score (nSPS) is 13.8. The summed E-state index contributed by atoms with van der Waals surface area (Å²) in [6.07, 6.45) is 1.61. The molecule has 0 spiro atoms. The van der Waals surface area contributed by atoms with E-state index in [9.17, 15) is 4.79 Å². The Hall–Kier alpha value is -1.95. The van der Waals surface area contributed by atoms with E-state index in [2.05, 4.69) is 15.7 Å². The topological polar surface area (TPSA) is 55.3 Å². The molecule has 0 fully saturated rings. The highest BCUT2D eigenvalue weighted by Gasteiger charge is 2.25. The number of hydrogen-bond donors (Lipinski definition) is 0. The molecule has 1 aliphatic heterocycles. The van der Waals surface area contributed by atoms with Crippen LogP contribution in [-0.4, -0.2) is 33.5 Å². The summed E-state index contributed by atoms with van der Waals surface area (Å²) < 4.78 is 9.47. The van der Waals surface area contributed by atoms with Gasteiger partial charge in [0.25, 0.3) is 5.91 Å². The number of ether oxygens (including phenoxy) is 1. The SMILES string of the molecule is CCOc1ccc2c(c1)CN(C(=O)c1snnc1CC)CC2. The summed E-state index contributed by atoms with van der Waals surface area (Å²) in [4.78, 5) is 15.2. The van der Waals surface area contributed by atoms with Crippen LogP contribution in [0.15, 0.2) is 18.2 Å². The number of amides is 1. The number of rotatable bonds is 4. The van der Waals surface area contributed by atoms with Gasteiger partial charge in [-0.3, -0.25) is 4.79 Å². The molecule has 0 saturated carbocycles. The van der Waals surface area contributed by atoms with E-state index < -0.39 is 0 Å². The zero-order valence-electron chi connectivity index (χ0n) is 12.8. The van der Waals surface area contributed by atoms with Crippen LogP contribution in [0.1, 0.15) is 40.3 Å². The van der Waals surface area contributed by atoms with Crippen molar-refractivity contribution in [2.45, 2.75) is 33.2 Å². The summed E-state index contributed by atoms with van der Waals surface area (Å²) >= 11 is 1.19. The van der Waals surface area contributed by atoms with Crippen LogP contribution in [0, 0.1) is 0 Å². The van der Waals surface area contributed by atoms with E-state index in [4.69, 9.17) is 4.74 Å². The quantitative estimate of drug-likeness (QED) is 0.870. The maximum atomic E-state index is 12.7. The van der Waals surface area contributed by atoms with E-state index >= 15 is 0 Å². The van der Waals surface area contributed by atoms with E-state index in [1.165, 1.54) is 22.7 Å². The molecule has 3 rings (SSSR count). The van der Waals surface area contributed by atoms with E-state index in [1.54, 1.807) is 0 Å². The van der Waals surface area contributed by atoms with Crippen molar-refractivity contribution in [1.82, 2.24) is 14.5 Å². The van der Waals surface area contributed by atoms with Gasteiger partial charge in [-0.05, 0) is 54.6 Å². The summed E-state index contributed by atoms with van der Waals surface area (Å²) in [5.74, 6) is 0.906. The van der Waals surface area contributed by atoms with Crippen LogP contribution in [0.25, 0.3) is 0 Å². The number of benzene rings is 1. The summed E-state index contributed by atoms with van der Waals surface area (Å²) in [6.45, 7) is 5.97. The van der Waals surface area contributed by atoms with Crippen molar-refractivity contribution in [3.05, 3.63) is 39.9 Å². The maximum Gasteiger partial charge on any atom is 0.267 e. The highest BCUT2D eigenvalue weighted by molar-refractivity contribution is 7.08. The Morgan fingerprint density at radius 2 is 2.23 bits per heavy atom. The van der Waals surface area contributed by atoms with E-state index in [0.717, 1.165) is 30.8 Å². The average Bonchev–Trinajstić information content (AvgIpc) is 3.02. The Morgan fingerprint density at radius 3 is 3.00 bits per heavy atom. The molecule has 0 bridgehead atoms. The number of carbonyl (C=O) groups is 1. The lowest BCUT2D eigenvalue weighted by Crippen LogP contribution is -2.36. The minimum absolute atomic E-state index is 0.0410. The van der Waals surface area contributed by atoms with Gasteiger partial charge in [-0.2, -0.15) is 0 Å². The minimum Gasteiger partial charge on any atom is -0.494 e. The van der Waals surface area contributed by atoms with Crippen LogP contribution in [0.5, 0.6) is 5.75 Å². The van der Waals surface area contributed by atoms with Gasteiger partial charge in [-0.15, -0.1) is 5.10 Å². The number of hydrogen-bond acceptors (Lipinski definition) is 5. The largest absolute Gasteiger partial charge is 0.494 e. The molecule has 1 aromatic heterocycles. The molecule has 5 nitrogen and oxygen atoms in total. The Balaban J connectivity index is 1.81. The van der Waals surface area contributed by atoms with Gasteiger partial charge in [0.1, 0.15) is 10.6 Å². The Morgan fingerprint density at radius 1 is 1.36 bits per heavy atom. The van der Waals surface area contributed by atoms with Crippen LogP contribution in [0.2, 0.25) is 0 Å². The lowest BCUT2D eigenvalue weighted by atomic mass is 9.99. The van der Waals surface area contributed by atoms with Gasteiger partial charge in [-0.1, -0.05) is 17.5 Å². The highest BCUT2D eigenvalue weighted by Crippen LogP contribution is 2.26. The minimum atomic E-state index is 0.0410. The Labute approximate surface area is 134 Å². The Bertz CT molecular complexity index is 684. The van der Waals surface area contributed by atoms with Crippen LogP contribution in [0.4, 0.5) is 0 Å². The van der Waals surface area contributed by atoms with Gasteiger partial charge in [0, 0.05) is 13.1 Å². The van der Waals surface area contributed by atoms with Gasteiger partial charge in [0.15, 0.2) is 0 Å². The average molecular weight is 317 g/mol. The lowest BCUT2D eigenvalue weighted by Gasteiger charge is -2.29. The van der Waals surface area contributed by atoms with Gasteiger partial charge in [-0.25, -0.2) is 0 Å². The number of carbonyl (C=O) groups excluding carboxylic acids is 1. The molecule has 1 amide bonds. The standard InChI is InChI=1S/C16H19N3O2S/c1-3-14-15(22-18-17-14)16(20)19-8-7-11-5-6-13(21-4-2)9-12(11)10-19/h5-6,9H,3-4,7-8,10H2,1-2H3. The number of fused-ring (bicyclic) bond motifs is 1. The van der Waals surface area contributed by atoms with E-state index in [0.29, 0.717) is 18.0 Å². The summed E-state index contributed by atoms with van der Waals surface area (Å²) in [5, 5.41) is 4.03. The molecule has 22 heavy (non-hydrogen) atoms. The van der Waals surface area contributed by atoms with Crippen molar-refractivity contribution < 1.29 is 9.53 Å². The van der Waals surface area contributed by atoms with Crippen molar-refractivity contribution in [3.8, 4) is 5.75 Å². The first kappa shape index (κ1) is 15.0. The smallest absolute Gasteiger partial charge is 0.267 e. The molecule has 0 atom stereocenters. The molecule has 2 heterocycles. The second-order valence-corrected chi connectivity index (χ2v) is 6.00. The molecule has 0 unspecified atom stereocenters. The van der Waals surface area contributed by atoms with Crippen LogP contribution in [-0.2, 0) is 19.4 Å². The fourth-order valence-electron chi connectivity index (χ4n) is 2.71. The molecular formula is C16H19N3O2S. The van der Waals surface area contributed by atoms with Crippen molar-refractivity contribution in [1.29, 1.82) is 0 Å². The second kappa shape index (κ2) is 6.44. The first-order chi connectivity index (χ1) is 10.7. The first-order valence-corrected chi connectivity index (χ1v) is 8.35. The van der Waals surface area contributed by atoms with Crippen molar-refractivity contribution in [3.63, 3.8) is 0 Å². The molecule has 0 saturated heterocycles. The first-order valence-electron chi connectivity index (χ1n) is 7.58. The Kier molecular flexibility index (Phi) is 4.38.